The van der Waals surface area contributed by atoms with Crippen LogP contribution in [0.5, 0.6) is 0 Å². The van der Waals surface area contributed by atoms with Gasteiger partial charge in [0.25, 0.3) is 5.56 Å². The molecule has 0 aliphatic carbocycles. The van der Waals surface area contributed by atoms with Gasteiger partial charge in [-0.2, -0.15) is 0 Å². The molecule has 5 rings (SSSR count). The van der Waals surface area contributed by atoms with Gasteiger partial charge >= 0.3 is 0 Å². The van der Waals surface area contributed by atoms with Crippen LogP contribution in [-0.2, 0) is 17.6 Å². The van der Waals surface area contributed by atoms with E-state index in [2.05, 4.69) is 13.0 Å². The zero-order chi connectivity index (χ0) is 22.2. The predicted molar refractivity (Wildman–Crippen MR) is 131 cm³/mol. The molecule has 3 heterocycles. The first-order chi connectivity index (χ1) is 15.5. The van der Waals surface area contributed by atoms with Crippen molar-refractivity contribution in [2.45, 2.75) is 48.4 Å². The number of nitrogens with zero attached hydrogens (tertiary/aromatic N) is 3. The highest BCUT2D eigenvalue weighted by Crippen LogP contribution is 2.35. The summed E-state index contributed by atoms with van der Waals surface area (Å²) in [4.78, 5) is 34.1. The molecule has 7 heteroatoms. The Labute approximate surface area is 196 Å². The van der Waals surface area contributed by atoms with Crippen molar-refractivity contribution in [3.8, 4) is 5.69 Å². The number of para-hydroxylation sites is 1. The largest absolute Gasteiger partial charge is 0.311 e. The van der Waals surface area contributed by atoms with Crippen molar-refractivity contribution in [1.82, 2.24) is 9.55 Å². The molecular formula is C25H25N3O2S2. The minimum Gasteiger partial charge on any atom is -0.311 e. The summed E-state index contributed by atoms with van der Waals surface area (Å²) in [6, 6.07) is 16.0. The lowest BCUT2D eigenvalue weighted by Crippen LogP contribution is -2.36. The number of aryl methyl sites for hydroxylation is 2. The normalized spacial score (nSPS) is 17.2. The van der Waals surface area contributed by atoms with Crippen molar-refractivity contribution >= 4 is 35.1 Å². The quantitative estimate of drug-likeness (QED) is 0.416. The third-order valence-corrected chi connectivity index (χ3v) is 8.05. The molecule has 2 aliphatic rings. The van der Waals surface area contributed by atoms with Crippen molar-refractivity contribution in [2.75, 3.05) is 17.2 Å². The second-order valence-corrected chi connectivity index (χ2v) is 10.7. The number of carbonyl (C=O) groups excluding carboxylic acids is 1. The van der Waals surface area contributed by atoms with Gasteiger partial charge in [-0.1, -0.05) is 54.6 Å². The Bertz CT molecular complexity index is 1240. The van der Waals surface area contributed by atoms with E-state index in [-0.39, 0.29) is 17.2 Å². The lowest BCUT2D eigenvalue weighted by atomic mass is 10.0. The summed E-state index contributed by atoms with van der Waals surface area (Å²) >= 11 is 2.95. The van der Waals surface area contributed by atoms with Crippen LogP contribution in [0.2, 0.25) is 0 Å². The van der Waals surface area contributed by atoms with Crippen LogP contribution in [0.25, 0.3) is 5.69 Å². The zero-order valence-corrected chi connectivity index (χ0v) is 19.8. The summed E-state index contributed by atoms with van der Waals surface area (Å²) in [5.41, 5.74) is 4.96. The van der Waals surface area contributed by atoms with Crippen molar-refractivity contribution in [3.63, 3.8) is 0 Å². The van der Waals surface area contributed by atoms with E-state index in [1.165, 1.54) is 17.3 Å². The maximum Gasteiger partial charge on any atom is 0.272 e. The maximum atomic E-state index is 13.4. The molecule has 1 amide bonds. The van der Waals surface area contributed by atoms with E-state index in [9.17, 15) is 9.59 Å². The number of rotatable bonds is 4. The summed E-state index contributed by atoms with van der Waals surface area (Å²) < 4.78 is 1.67. The van der Waals surface area contributed by atoms with E-state index < -0.39 is 0 Å². The molecule has 0 radical (unpaired) electrons. The molecule has 0 fully saturated rings. The molecule has 0 saturated carbocycles. The van der Waals surface area contributed by atoms with Crippen molar-refractivity contribution in [2.24, 2.45) is 0 Å². The number of benzene rings is 2. The van der Waals surface area contributed by atoms with Gasteiger partial charge in [0.1, 0.15) is 0 Å². The Kier molecular flexibility index (Phi) is 5.86. The van der Waals surface area contributed by atoms with Gasteiger partial charge < -0.3 is 4.90 Å². The minimum atomic E-state index is -0.0357. The molecule has 32 heavy (non-hydrogen) atoms. The smallest absolute Gasteiger partial charge is 0.272 e. The fraction of sp³-hybridized carbons (Fsp3) is 0.320. The second kappa shape index (κ2) is 8.79. The molecule has 0 spiro atoms. The van der Waals surface area contributed by atoms with E-state index in [0.717, 1.165) is 53.3 Å². The topological polar surface area (TPSA) is 55.2 Å². The third kappa shape index (κ3) is 3.99. The maximum absolute atomic E-state index is 13.4. The first-order valence-corrected chi connectivity index (χ1v) is 12.8. The van der Waals surface area contributed by atoms with Gasteiger partial charge in [0.05, 0.1) is 22.0 Å². The molecule has 0 N–H and O–H groups in total. The number of aromatic nitrogens is 2. The molecule has 0 unspecified atom stereocenters. The summed E-state index contributed by atoms with van der Waals surface area (Å²) in [6.07, 6.45) is 2.75. The molecule has 164 valence electrons. The van der Waals surface area contributed by atoms with Gasteiger partial charge in [-0.25, -0.2) is 4.98 Å². The summed E-state index contributed by atoms with van der Waals surface area (Å²) in [5, 5.41) is 0.925. The third-order valence-electron chi connectivity index (χ3n) is 5.91. The Morgan fingerprint density at radius 2 is 1.97 bits per heavy atom. The molecule has 0 bridgehead atoms. The van der Waals surface area contributed by atoms with Gasteiger partial charge in [0.15, 0.2) is 5.16 Å². The van der Waals surface area contributed by atoms with E-state index in [0.29, 0.717) is 10.4 Å². The van der Waals surface area contributed by atoms with E-state index in [1.54, 1.807) is 16.3 Å². The molecule has 0 saturated heterocycles. The average molecular weight is 464 g/mol. The SMILES string of the molecule is Cc1ccc(-n2c(SCC(=O)N3CCCc4ccccc43)nc3c(c2=O)S[C@H](C)C3)cc1. The highest BCUT2D eigenvalue weighted by Gasteiger charge is 2.28. The number of hydrogen-bond donors (Lipinski definition) is 0. The van der Waals surface area contributed by atoms with Crippen LogP contribution in [0.1, 0.15) is 30.2 Å². The highest BCUT2D eigenvalue weighted by molar-refractivity contribution is 8.00. The fourth-order valence-corrected chi connectivity index (χ4v) is 6.32. The Balaban J connectivity index is 1.47. The first kappa shape index (κ1) is 21.3. The Morgan fingerprint density at radius 1 is 1.19 bits per heavy atom. The Morgan fingerprint density at radius 3 is 2.78 bits per heavy atom. The Hall–Kier alpha value is -2.51. The number of amides is 1. The second-order valence-electron chi connectivity index (χ2n) is 8.35. The van der Waals surface area contributed by atoms with Crippen LogP contribution in [0.15, 0.2) is 63.4 Å². The summed E-state index contributed by atoms with van der Waals surface area (Å²) in [5.74, 6) is 0.295. The number of thioether (sulfide) groups is 2. The lowest BCUT2D eigenvalue weighted by Gasteiger charge is -2.29. The molecule has 1 atom stereocenters. The number of anilines is 1. The highest BCUT2D eigenvalue weighted by atomic mass is 32.2. The van der Waals surface area contributed by atoms with Gasteiger partial charge in [0.2, 0.25) is 5.91 Å². The molecule has 5 nitrogen and oxygen atoms in total. The predicted octanol–water partition coefficient (Wildman–Crippen LogP) is 4.65. The van der Waals surface area contributed by atoms with E-state index in [4.69, 9.17) is 4.98 Å². The van der Waals surface area contributed by atoms with Crippen molar-refractivity contribution in [3.05, 3.63) is 75.7 Å². The summed E-state index contributed by atoms with van der Waals surface area (Å²) in [7, 11) is 0. The van der Waals surface area contributed by atoms with Crippen molar-refractivity contribution in [1.29, 1.82) is 0 Å². The molecule has 2 aromatic carbocycles. The van der Waals surface area contributed by atoms with E-state index >= 15 is 0 Å². The average Bonchev–Trinajstić information content (AvgIpc) is 3.18. The first-order valence-electron chi connectivity index (χ1n) is 10.9. The van der Waals surface area contributed by atoms with Crippen LogP contribution in [0.3, 0.4) is 0 Å². The molecule has 3 aromatic rings. The summed E-state index contributed by atoms with van der Waals surface area (Å²) in [6.45, 7) is 4.87. The number of hydrogen-bond acceptors (Lipinski definition) is 5. The van der Waals surface area contributed by atoms with Crippen LogP contribution in [-0.4, -0.2) is 33.0 Å². The standard InChI is InChI=1S/C25H25N3O2S2/c1-16-9-11-19(12-10-16)28-24(30)23-20(14-17(2)32-23)26-25(28)31-15-22(29)27-13-5-7-18-6-3-4-8-21(18)27/h3-4,6,8-12,17H,5,7,13-15H2,1-2H3/t17-/m1/s1. The van der Waals surface area contributed by atoms with Crippen LogP contribution >= 0.6 is 23.5 Å². The van der Waals surface area contributed by atoms with Gasteiger partial charge in [0, 0.05) is 23.9 Å². The van der Waals surface area contributed by atoms with Gasteiger partial charge in [-0.3, -0.25) is 14.2 Å². The minimum absolute atomic E-state index is 0.0357. The van der Waals surface area contributed by atoms with Crippen molar-refractivity contribution < 1.29 is 4.79 Å². The monoisotopic (exact) mass is 463 g/mol. The number of fused-ring (bicyclic) bond motifs is 2. The molecule has 2 aliphatic heterocycles. The van der Waals surface area contributed by atoms with E-state index in [1.807, 2.05) is 54.3 Å². The van der Waals surface area contributed by atoms with Crippen LogP contribution in [0.4, 0.5) is 5.69 Å². The number of carbonyl (C=O) groups is 1. The van der Waals surface area contributed by atoms with Crippen LogP contribution < -0.4 is 10.5 Å². The zero-order valence-electron chi connectivity index (χ0n) is 18.2. The fourth-order valence-electron chi connectivity index (χ4n) is 4.32. The lowest BCUT2D eigenvalue weighted by molar-refractivity contribution is -0.116. The van der Waals surface area contributed by atoms with Gasteiger partial charge in [-0.15, -0.1) is 11.8 Å². The molecule has 1 aromatic heterocycles. The van der Waals surface area contributed by atoms with Gasteiger partial charge in [-0.05, 0) is 43.5 Å². The van der Waals surface area contributed by atoms with Crippen LogP contribution in [0, 0.1) is 6.92 Å². The molecular weight excluding hydrogens is 438 g/mol.